The third-order valence-corrected chi connectivity index (χ3v) is 2.23. The number of carbonyl (C=O) groups is 1. The first-order valence-corrected chi connectivity index (χ1v) is 5.87. The Balaban J connectivity index is 2.19. The number of rotatable bonds is 3. The van der Waals surface area contributed by atoms with Gasteiger partial charge in [-0.25, -0.2) is 4.98 Å². The molecule has 2 aromatic heterocycles. The summed E-state index contributed by atoms with van der Waals surface area (Å²) in [6.45, 7) is 1.59. The Morgan fingerprint density at radius 2 is 2.35 bits per heavy atom. The van der Waals surface area contributed by atoms with Gasteiger partial charge in [-0.1, -0.05) is 16.9 Å². The summed E-state index contributed by atoms with van der Waals surface area (Å²) in [6, 6.07) is 3.36. The van der Waals surface area contributed by atoms with Gasteiger partial charge in [-0.2, -0.15) is 0 Å². The Bertz CT molecular complexity index is 669. The van der Waals surface area contributed by atoms with Crippen molar-refractivity contribution in [2.45, 2.75) is 13.3 Å². The third-order valence-electron chi connectivity index (χ3n) is 2.23. The molecular weight excluding hydrogens is 260 g/mol. The second-order valence-electron chi connectivity index (χ2n) is 3.76. The first kappa shape index (κ1) is 13.7. The van der Waals surface area contributed by atoms with E-state index in [-0.39, 0.29) is 18.3 Å². The standard InChI is InChI=1S/C13H12N4O3/c1-9-16-17-13(20-9)15-12(19)11-10(5-2-3-8-18)6-4-7-14-11/h4,6-7,18H,3,8H2,1H3,(H,15,17,19). The molecule has 0 saturated carbocycles. The third kappa shape index (κ3) is 3.40. The van der Waals surface area contributed by atoms with Crippen molar-refractivity contribution in [2.24, 2.45) is 0 Å². The number of hydrogen-bond donors (Lipinski definition) is 2. The summed E-state index contributed by atoms with van der Waals surface area (Å²) in [5, 5.41) is 18.4. The van der Waals surface area contributed by atoms with Crippen LogP contribution in [0, 0.1) is 18.8 Å². The zero-order valence-corrected chi connectivity index (χ0v) is 10.8. The van der Waals surface area contributed by atoms with Gasteiger partial charge in [-0.15, -0.1) is 5.10 Å². The van der Waals surface area contributed by atoms with Gasteiger partial charge in [0, 0.05) is 19.5 Å². The van der Waals surface area contributed by atoms with Gasteiger partial charge < -0.3 is 9.52 Å². The Morgan fingerprint density at radius 1 is 1.50 bits per heavy atom. The molecule has 2 heterocycles. The van der Waals surface area contributed by atoms with Gasteiger partial charge in [-0.05, 0) is 12.1 Å². The average molecular weight is 272 g/mol. The first-order valence-electron chi connectivity index (χ1n) is 5.87. The van der Waals surface area contributed by atoms with Crippen molar-refractivity contribution in [1.82, 2.24) is 15.2 Å². The predicted octanol–water partition coefficient (Wildman–Crippen LogP) is 0.759. The van der Waals surface area contributed by atoms with Crippen molar-refractivity contribution in [2.75, 3.05) is 11.9 Å². The minimum atomic E-state index is -0.484. The van der Waals surface area contributed by atoms with E-state index in [2.05, 4.69) is 32.3 Å². The molecule has 0 fully saturated rings. The molecule has 1 amide bonds. The molecular formula is C13H12N4O3. The highest BCUT2D eigenvalue weighted by atomic mass is 16.4. The summed E-state index contributed by atoms with van der Waals surface area (Å²) in [7, 11) is 0. The SMILES string of the molecule is Cc1nnc(NC(=O)c2ncccc2C#CCCO)o1. The van der Waals surface area contributed by atoms with E-state index >= 15 is 0 Å². The van der Waals surface area contributed by atoms with Crippen molar-refractivity contribution in [3.63, 3.8) is 0 Å². The van der Waals surface area contributed by atoms with Gasteiger partial charge in [0.15, 0.2) is 0 Å². The summed E-state index contributed by atoms with van der Waals surface area (Å²) >= 11 is 0. The van der Waals surface area contributed by atoms with Crippen LogP contribution in [0.1, 0.15) is 28.4 Å². The number of aliphatic hydroxyl groups is 1. The van der Waals surface area contributed by atoms with E-state index in [0.717, 1.165) is 0 Å². The monoisotopic (exact) mass is 272 g/mol. The molecule has 0 spiro atoms. The molecule has 0 aromatic carbocycles. The number of anilines is 1. The van der Waals surface area contributed by atoms with Gasteiger partial charge in [-0.3, -0.25) is 10.1 Å². The van der Waals surface area contributed by atoms with Crippen molar-refractivity contribution in [3.8, 4) is 11.8 Å². The van der Waals surface area contributed by atoms with Crippen LogP contribution in [0.4, 0.5) is 6.01 Å². The zero-order chi connectivity index (χ0) is 14.4. The highest BCUT2D eigenvalue weighted by Gasteiger charge is 2.14. The minimum Gasteiger partial charge on any atom is -0.408 e. The molecule has 0 aliphatic heterocycles. The maximum absolute atomic E-state index is 12.1. The molecule has 0 aliphatic carbocycles. The fourth-order valence-corrected chi connectivity index (χ4v) is 1.40. The summed E-state index contributed by atoms with van der Waals surface area (Å²) in [5.74, 6) is 5.40. The van der Waals surface area contributed by atoms with Crippen molar-refractivity contribution < 1.29 is 14.3 Å². The zero-order valence-electron chi connectivity index (χ0n) is 10.8. The van der Waals surface area contributed by atoms with E-state index in [9.17, 15) is 4.79 Å². The quantitative estimate of drug-likeness (QED) is 0.800. The van der Waals surface area contributed by atoms with Crippen molar-refractivity contribution in [1.29, 1.82) is 0 Å². The number of aryl methyl sites for hydroxylation is 1. The molecule has 7 heteroatoms. The van der Waals surface area contributed by atoms with E-state index in [1.54, 1.807) is 19.1 Å². The van der Waals surface area contributed by atoms with E-state index in [0.29, 0.717) is 17.9 Å². The van der Waals surface area contributed by atoms with Crippen molar-refractivity contribution >= 4 is 11.9 Å². The number of carbonyl (C=O) groups excluding carboxylic acids is 1. The van der Waals surface area contributed by atoms with E-state index < -0.39 is 5.91 Å². The van der Waals surface area contributed by atoms with Crippen LogP contribution in [0.25, 0.3) is 0 Å². The Hall–Kier alpha value is -2.72. The normalized spacial score (nSPS) is 9.70. The number of pyridine rings is 1. The smallest absolute Gasteiger partial charge is 0.322 e. The lowest BCUT2D eigenvalue weighted by Gasteiger charge is -2.01. The van der Waals surface area contributed by atoms with E-state index in [1.807, 2.05) is 0 Å². The Kier molecular flexibility index (Phi) is 4.42. The molecule has 20 heavy (non-hydrogen) atoms. The fourth-order valence-electron chi connectivity index (χ4n) is 1.40. The second-order valence-corrected chi connectivity index (χ2v) is 3.76. The van der Waals surface area contributed by atoms with Crippen LogP contribution in [0.3, 0.4) is 0 Å². The maximum Gasteiger partial charge on any atom is 0.322 e. The fraction of sp³-hybridized carbons (Fsp3) is 0.231. The highest BCUT2D eigenvalue weighted by Crippen LogP contribution is 2.09. The summed E-state index contributed by atoms with van der Waals surface area (Å²) in [5.41, 5.74) is 0.628. The molecule has 0 saturated heterocycles. The first-order chi connectivity index (χ1) is 9.70. The van der Waals surface area contributed by atoms with Gasteiger partial charge in [0.2, 0.25) is 5.89 Å². The van der Waals surface area contributed by atoms with Crippen LogP contribution in [-0.4, -0.2) is 32.8 Å². The lowest BCUT2D eigenvalue weighted by Crippen LogP contribution is -2.15. The van der Waals surface area contributed by atoms with E-state index in [1.165, 1.54) is 6.20 Å². The number of aliphatic hydroxyl groups excluding tert-OH is 1. The summed E-state index contributed by atoms with van der Waals surface area (Å²) in [6.07, 6.45) is 1.82. The van der Waals surface area contributed by atoms with Crippen LogP contribution >= 0.6 is 0 Å². The van der Waals surface area contributed by atoms with Crippen LogP contribution in [0.15, 0.2) is 22.7 Å². The molecule has 7 nitrogen and oxygen atoms in total. The number of amides is 1. The molecule has 0 radical (unpaired) electrons. The number of nitrogens with one attached hydrogen (secondary N) is 1. The topological polar surface area (TPSA) is 101 Å². The van der Waals surface area contributed by atoms with Crippen molar-refractivity contribution in [3.05, 3.63) is 35.5 Å². The summed E-state index contributed by atoms with van der Waals surface area (Å²) < 4.78 is 5.06. The van der Waals surface area contributed by atoms with Gasteiger partial charge in [0.05, 0.1) is 12.2 Å². The average Bonchev–Trinajstić information content (AvgIpc) is 2.85. The molecule has 0 aliphatic rings. The molecule has 2 N–H and O–H groups in total. The highest BCUT2D eigenvalue weighted by molar-refractivity contribution is 6.03. The molecule has 0 atom stereocenters. The minimum absolute atomic E-state index is 0.00687. The molecule has 2 aromatic rings. The molecule has 0 bridgehead atoms. The molecule has 2 rings (SSSR count). The van der Waals surface area contributed by atoms with Gasteiger partial charge >= 0.3 is 6.01 Å². The number of aromatic nitrogens is 3. The Labute approximate surface area is 115 Å². The van der Waals surface area contributed by atoms with Gasteiger partial charge in [0.25, 0.3) is 5.91 Å². The van der Waals surface area contributed by atoms with Gasteiger partial charge in [0.1, 0.15) is 5.69 Å². The number of nitrogens with zero attached hydrogens (tertiary/aromatic N) is 3. The Morgan fingerprint density at radius 3 is 3.05 bits per heavy atom. The predicted molar refractivity (Wildman–Crippen MR) is 69.8 cm³/mol. The van der Waals surface area contributed by atoms with E-state index in [4.69, 9.17) is 9.52 Å². The maximum atomic E-state index is 12.1. The molecule has 102 valence electrons. The van der Waals surface area contributed by atoms with Crippen LogP contribution in [0.2, 0.25) is 0 Å². The van der Waals surface area contributed by atoms with Crippen LogP contribution in [-0.2, 0) is 0 Å². The second kappa shape index (κ2) is 6.45. The number of hydrogen-bond acceptors (Lipinski definition) is 6. The largest absolute Gasteiger partial charge is 0.408 e. The lowest BCUT2D eigenvalue weighted by atomic mass is 10.2. The molecule has 0 unspecified atom stereocenters. The lowest BCUT2D eigenvalue weighted by molar-refractivity contribution is 0.101. The summed E-state index contributed by atoms with van der Waals surface area (Å²) in [4.78, 5) is 16.1. The van der Waals surface area contributed by atoms with Crippen LogP contribution < -0.4 is 5.32 Å². The van der Waals surface area contributed by atoms with Crippen LogP contribution in [0.5, 0.6) is 0 Å².